The molecule has 92 valence electrons. The Balaban J connectivity index is 2.71. The molecule has 0 amide bonds. The number of halogens is 1. The molecule has 0 radical (unpaired) electrons. The number of azide groups is 1. The topological polar surface area (TPSA) is 87.1 Å². The van der Waals surface area contributed by atoms with E-state index in [1.807, 2.05) is 11.4 Å². The van der Waals surface area contributed by atoms with E-state index in [1.54, 1.807) is 0 Å². The van der Waals surface area contributed by atoms with E-state index < -0.39 is 6.04 Å². The average Bonchev–Trinajstić information content (AvgIpc) is 2.75. The zero-order valence-electron chi connectivity index (χ0n) is 9.09. The van der Waals surface area contributed by atoms with Crippen molar-refractivity contribution in [3.8, 4) is 0 Å². The molecule has 0 saturated carbocycles. The van der Waals surface area contributed by atoms with Crippen LogP contribution in [0.3, 0.4) is 0 Å². The van der Waals surface area contributed by atoms with Gasteiger partial charge in [-0.3, -0.25) is 5.32 Å². The van der Waals surface area contributed by atoms with Gasteiger partial charge in [-0.1, -0.05) is 5.11 Å². The van der Waals surface area contributed by atoms with Crippen molar-refractivity contribution in [2.45, 2.75) is 6.04 Å². The summed E-state index contributed by atoms with van der Waals surface area (Å²) in [6.45, 7) is 0.696. The minimum atomic E-state index is -0.539. The molecule has 8 heteroatoms. The molecule has 0 fully saturated rings. The lowest BCUT2D eigenvalue weighted by Gasteiger charge is -2.14. The first-order chi connectivity index (χ1) is 8.20. The van der Waals surface area contributed by atoms with E-state index in [-0.39, 0.29) is 12.5 Å². The molecule has 1 heterocycles. The van der Waals surface area contributed by atoms with Crippen LogP contribution in [-0.4, -0.2) is 26.2 Å². The number of hydrogen-bond acceptors (Lipinski definition) is 5. The van der Waals surface area contributed by atoms with E-state index in [9.17, 15) is 4.79 Å². The second-order valence-corrected chi connectivity index (χ2v) is 4.80. The van der Waals surface area contributed by atoms with E-state index in [0.29, 0.717) is 6.54 Å². The number of esters is 1. The van der Waals surface area contributed by atoms with E-state index >= 15 is 0 Å². The Morgan fingerprint density at radius 2 is 2.59 bits per heavy atom. The Morgan fingerprint density at radius 1 is 1.82 bits per heavy atom. The number of carbonyl (C=O) groups excluding carboxylic acids is 1. The highest BCUT2D eigenvalue weighted by Crippen LogP contribution is 2.29. The minimum absolute atomic E-state index is 0.285. The van der Waals surface area contributed by atoms with E-state index in [1.165, 1.54) is 18.4 Å². The summed E-state index contributed by atoms with van der Waals surface area (Å²) >= 11 is 4.82. The molecule has 0 aliphatic carbocycles. The highest BCUT2D eigenvalue weighted by molar-refractivity contribution is 9.10. The smallest absolute Gasteiger partial charge is 0.328 e. The molecule has 0 bridgehead atoms. The van der Waals surface area contributed by atoms with Gasteiger partial charge in [-0.05, 0) is 32.9 Å². The van der Waals surface area contributed by atoms with Crippen molar-refractivity contribution in [2.24, 2.45) is 5.11 Å². The van der Waals surface area contributed by atoms with Crippen LogP contribution in [0.4, 0.5) is 0 Å². The molecule has 0 aliphatic rings. The number of ether oxygens (including phenoxy) is 1. The summed E-state index contributed by atoms with van der Waals surface area (Å²) in [6, 6.07) is 1.33. The molecule has 1 rings (SSSR count). The van der Waals surface area contributed by atoms with E-state index in [2.05, 4.69) is 31.3 Å². The first kappa shape index (κ1) is 14.0. The summed E-state index contributed by atoms with van der Waals surface area (Å²) in [4.78, 5) is 15.1. The Labute approximate surface area is 111 Å². The van der Waals surface area contributed by atoms with Crippen LogP contribution in [0, 0.1) is 0 Å². The van der Waals surface area contributed by atoms with E-state index in [0.717, 1.165) is 9.35 Å². The average molecular weight is 319 g/mol. The molecule has 1 aromatic rings. The van der Waals surface area contributed by atoms with Gasteiger partial charge in [0, 0.05) is 27.4 Å². The number of hydrogen-bond donors (Lipinski definition) is 1. The Bertz CT molecular complexity index is 430. The maximum atomic E-state index is 11.6. The lowest BCUT2D eigenvalue weighted by molar-refractivity contribution is -0.143. The van der Waals surface area contributed by atoms with Crippen molar-refractivity contribution >= 4 is 33.2 Å². The fraction of sp³-hybridized carbons (Fsp3) is 0.444. The lowest BCUT2D eigenvalue weighted by atomic mass is 10.2. The molecule has 6 nitrogen and oxygen atoms in total. The number of methoxy groups -OCH3 is 1. The number of carbonyl (C=O) groups is 1. The molecule has 1 atom stereocenters. The Morgan fingerprint density at radius 3 is 3.12 bits per heavy atom. The van der Waals surface area contributed by atoms with Crippen LogP contribution in [0.15, 0.2) is 21.0 Å². The van der Waals surface area contributed by atoms with Crippen LogP contribution >= 0.6 is 27.3 Å². The summed E-state index contributed by atoms with van der Waals surface area (Å²) in [5.74, 6) is -0.367. The van der Waals surface area contributed by atoms with Gasteiger partial charge in [0.05, 0.1) is 7.11 Å². The third-order valence-corrected chi connectivity index (χ3v) is 3.90. The summed E-state index contributed by atoms with van der Waals surface area (Å²) in [7, 11) is 1.34. The summed E-state index contributed by atoms with van der Waals surface area (Å²) in [5, 5.41) is 8.26. The van der Waals surface area contributed by atoms with Gasteiger partial charge >= 0.3 is 5.97 Å². The van der Waals surface area contributed by atoms with Gasteiger partial charge < -0.3 is 4.74 Å². The molecule has 0 aliphatic heterocycles. The predicted molar refractivity (Wildman–Crippen MR) is 68.8 cm³/mol. The van der Waals surface area contributed by atoms with Crippen LogP contribution in [0.5, 0.6) is 0 Å². The van der Waals surface area contributed by atoms with Crippen molar-refractivity contribution in [2.75, 3.05) is 20.2 Å². The van der Waals surface area contributed by atoms with Gasteiger partial charge in [-0.25, -0.2) is 4.79 Å². The lowest BCUT2D eigenvalue weighted by Crippen LogP contribution is -2.31. The fourth-order valence-corrected chi connectivity index (χ4v) is 2.88. The van der Waals surface area contributed by atoms with Gasteiger partial charge in [0.2, 0.25) is 0 Å². The van der Waals surface area contributed by atoms with Crippen molar-refractivity contribution in [1.29, 1.82) is 0 Å². The first-order valence-corrected chi connectivity index (χ1v) is 6.43. The molecular weight excluding hydrogens is 308 g/mol. The quantitative estimate of drug-likeness (QED) is 0.287. The standard InChI is InChI=1S/C9H11BrN4O2S/c1-16-9(15)7(12-3-4-13-14-11)8-6(10)2-5-17-8/h2,5,7,12H,3-4H2,1H3. The monoisotopic (exact) mass is 318 g/mol. The first-order valence-electron chi connectivity index (χ1n) is 4.75. The molecule has 0 spiro atoms. The van der Waals surface area contributed by atoms with Crippen molar-refractivity contribution < 1.29 is 9.53 Å². The number of nitrogens with zero attached hydrogens (tertiary/aromatic N) is 3. The third-order valence-electron chi connectivity index (χ3n) is 1.97. The van der Waals surface area contributed by atoms with Gasteiger partial charge in [0.15, 0.2) is 0 Å². The van der Waals surface area contributed by atoms with Crippen LogP contribution in [0.1, 0.15) is 10.9 Å². The van der Waals surface area contributed by atoms with Gasteiger partial charge in [0.25, 0.3) is 0 Å². The molecule has 1 aromatic heterocycles. The normalized spacial score (nSPS) is 11.6. The van der Waals surface area contributed by atoms with Gasteiger partial charge in [0.1, 0.15) is 6.04 Å². The molecule has 0 saturated heterocycles. The zero-order valence-corrected chi connectivity index (χ0v) is 11.5. The van der Waals surface area contributed by atoms with Crippen molar-refractivity contribution in [1.82, 2.24) is 5.32 Å². The number of rotatable bonds is 6. The Kier molecular flexibility index (Phi) is 5.99. The number of nitrogens with one attached hydrogen (secondary N) is 1. The molecule has 17 heavy (non-hydrogen) atoms. The highest BCUT2D eigenvalue weighted by atomic mass is 79.9. The molecule has 0 aromatic carbocycles. The van der Waals surface area contributed by atoms with Crippen molar-refractivity contribution in [3.63, 3.8) is 0 Å². The highest BCUT2D eigenvalue weighted by Gasteiger charge is 2.23. The Hall–Kier alpha value is -1.08. The van der Waals surface area contributed by atoms with Crippen LogP contribution in [-0.2, 0) is 9.53 Å². The summed E-state index contributed by atoms with van der Waals surface area (Å²) < 4.78 is 5.58. The van der Waals surface area contributed by atoms with Gasteiger partial charge in [-0.15, -0.1) is 11.3 Å². The van der Waals surface area contributed by atoms with Crippen molar-refractivity contribution in [3.05, 3.63) is 31.2 Å². The second-order valence-electron chi connectivity index (χ2n) is 3.00. The molecule has 1 unspecified atom stereocenters. The van der Waals surface area contributed by atoms with Crippen LogP contribution in [0.25, 0.3) is 10.4 Å². The van der Waals surface area contributed by atoms with Crippen LogP contribution in [0.2, 0.25) is 0 Å². The fourth-order valence-electron chi connectivity index (χ4n) is 1.22. The SMILES string of the molecule is COC(=O)C(NCCN=[N+]=[N-])c1sccc1Br. The third kappa shape index (κ3) is 4.01. The molecular formula is C9H11BrN4O2S. The minimum Gasteiger partial charge on any atom is -0.468 e. The summed E-state index contributed by atoms with van der Waals surface area (Å²) in [5.41, 5.74) is 8.15. The maximum Gasteiger partial charge on any atom is 0.328 e. The zero-order chi connectivity index (χ0) is 12.7. The number of thiophene rings is 1. The van der Waals surface area contributed by atoms with Crippen LogP contribution < -0.4 is 5.32 Å². The second kappa shape index (κ2) is 7.29. The van der Waals surface area contributed by atoms with Gasteiger partial charge in [-0.2, -0.15) is 0 Å². The predicted octanol–water partition coefficient (Wildman–Crippen LogP) is 2.62. The maximum absolute atomic E-state index is 11.6. The largest absolute Gasteiger partial charge is 0.468 e. The van der Waals surface area contributed by atoms with E-state index in [4.69, 9.17) is 10.3 Å². The molecule has 1 N–H and O–H groups in total. The summed E-state index contributed by atoms with van der Waals surface area (Å²) in [6.07, 6.45) is 0.